The molecule has 6 nitrogen and oxygen atoms in total. The van der Waals surface area contributed by atoms with Crippen molar-refractivity contribution < 1.29 is 19.0 Å². The van der Waals surface area contributed by atoms with Crippen molar-refractivity contribution in [2.75, 3.05) is 26.8 Å². The van der Waals surface area contributed by atoms with Crippen molar-refractivity contribution in [2.45, 2.75) is 31.9 Å². The van der Waals surface area contributed by atoms with E-state index in [1.165, 1.54) is 0 Å². The third-order valence-electron chi connectivity index (χ3n) is 5.52. The molecule has 0 aliphatic carbocycles. The van der Waals surface area contributed by atoms with Gasteiger partial charge in [-0.1, -0.05) is 30.3 Å². The number of methoxy groups -OCH3 is 1. The number of para-hydroxylation sites is 1. The van der Waals surface area contributed by atoms with Crippen molar-refractivity contribution in [1.82, 2.24) is 9.62 Å². The van der Waals surface area contributed by atoms with E-state index in [2.05, 4.69) is 27.8 Å². The fourth-order valence-electron chi connectivity index (χ4n) is 3.78. The SMILES string of the molecule is CCOc1ccccc1-c1ccc(OC2CCN(S/C(=C/C=C/OC)C3NC3=O)CC2)cc1. The zero-order valence-electron chi connectivity index (χ0n) is 19.0. The molecule has 2 heterocycles. The lowest BCUT2D eigenvalue weighted by Gasteiger charge is -2.31. The van der Waals surface area contributed by atoms with Crippen molar-refractivity contribution in [1.29, 1.82) is 0 Å². The Morgan fingerprint density at radius 2 is 1.88 bits per heavy atom. The van der Waals surface area contributed by atoms with E-state index < -0.39 is 0 Å². The Bertz CT molecular complexity index is 998. The number of rotatable bonds is 10. The normalized spacial score (nSPS) is 19.4. The third-order valence-corrected chi connectivity index (χ3v) is 6.72. The Morgan fingerprint density at radius 1 is 1.15 bits per heavy atom. The molecule has 0 saturated carbocycles. The van der Waals surface area contributed by atoms with Crippen LogP contribution in [0, 0.1) is 0 Å². The molecule has 2 aromatic carbocycles. The number of amides is 1. The van der Waals surface area contributed by atoms with Crippen molar-refractivity contribution in [3.8, 4) is 22.6 Å². The predicted octanol–water partition coefficient (Wildman–Crippen LogP) is 4.79. The predicted molar refractivity (Wildman–Crippen MR) is 132 cm³/mol. The standard InChI is InChI=1S/C26H30N2O4S/c1-3-31-23-8-5-4-7-22(23)19-10-12-20(13-11-19)32-21-14-16-28(17-15-21)33-24(9-6-18-30-2)25-26(29)27-25/h4-13,18,21,25H,3,14-17H2,1-2H3,(H,27,29)/b18-6+,24-9+. The first-order valence-corrected chi connectivity index (χ1v) is 12.1. The maximum absolute atomic E-state index is 11.6. The van der Waals surface area contributed by atoms with Crippen LogP contribution in [0.5, 0.6) is 11.5 Å². The minimum Gasteiger partial charge on any atom is -0.504 e. The molecule has 1 atom stereocenters. The lowest BCUT2D eigenvalue weighted by atomic mass is 10.0. The van der Waals surface area contributed by atoms with E-state index in [9.17, 15) is 4.79 Å². The topological polar surface area (TPSA) is 69.9 Å². The molecular weight excluding hydrogens is 436 g/mol. The molecule has 2 aliphatic heterocycles. The van der Waals surface area contributed by atoms with Crippen LogP contribution in [-0.4, -0.2) is 49.2 Å². The second kappa shape index (κ2) is 11.3. The molecular formula is C26H30N2O4S. The molecule has 4 rings (SSSR count). The number of benzene rings is 2. The van der Waals surface area contributed by atoms with Crippen molar-refractivity contribution in [3.63, 3.8) is 0 Å². The van der Waals surface area contributed by atoms with Gasteiger partial charge in [0.25, 0.3) is 0 Å². The molecule has 0 aromatic heterocycles. The maximum atomic E-state index is 11.6. The lowest BCUT2D eigenvalue weighted by molar-refractivity contribution is -0.110. The summed E-state index contributed by atoms with van der Waals surface area (Å²) in [7, 11) is 1.61. The summed E-state index contributed by atoms with van der Waals surface area (Å²) >= 11 is 1.64. The van der Waals surface area contributed by atoms with Crippen LogP contribution in [-0.2, 0) is 9.53 Å². The molecule has 2 saturated heterocycles. The van der Waals surface area contributed by atoms with E-state index in [0.717, 1.165) is 53.5 Å². The van der Waals surface area contributed by atoms with E-state index in [-0.39, 0.29) is 18.1 Å². The number of nitrogens with zero attached hydrogens (tertiary/aromatic N) is 1. The number of allylic oxidation sites excluding steroid dienone is 2. The molecule has 0 radical (unpaired) electrons. The van der Waals surface area contributed by atoms with Gasteiger partial charge in [-0.3, -0.25) is 4.79 Å². The van der Waals surface area contributed by atoms with Crippen LogP contribution in [0.1, 0.15) is 19.8 Å². The van der Waals surface area contributed by atoms with E-state index in [0.29, 0.717) is 6.61 Å². The molecule has 0 spiro atoms. The summed E-state index contributed by atoms with van der Waals surface area (Å²) in [5.41, 5.74) is 2.20. The largest absolute Gasteiger partial charge is 0.504 e. The molecule has 2 aliphatic rings. The van der Waals surface area contributed by atoms with Crippen LogP contribution in [0.4, 0.5) is 0 Å². The minimum atomic E-state index is -0.183. The van der Waals surface area contributed by atoms with Gasteiger partial charge in [-0.2, -0.15) is 0 Å². The van der Waals surface area contributed by atoms with E-state index >= 15 is 0 Å². The summed E-state index contributed by atoms with van der Waals surface area (Å²) in [6.45, 7) is 4.45. The number of carbonyl (C=O) groups excluding carboxylic acids is 1. The number of nitrogens with one attached hydrogen (secondary N) is 1. The number of hydrogen-bond acceptors (Lipinski definition) is 6. The van der Waals surface area contributed by atoms with E-state index in [1.54, 1.807) is 25.3 Å². The second-order valence-corrected chi connectivity index (χ2v) is 9.04. The monoisotopic (exact) mass is 466 g/mol. The third kappa shape index (κ3) is 6.33. The van der Waals surface area contributed by atoms with Crippen LogP contribution >= 0.6 is 11.9 Å². The zero-order chi connectivity index (χ0) is 23.0. The van der Waals surface area contributed by atoms with Gasteiger partial charge < -0.3 is 19.5 Å². The summed E-state index contributed by atoms with van der Waals surface area (Å²) < 4.78 is 19.3. The maximum Gasteiger partial charge on any atom is 0.248 e. The number of ether oxygens (including phenoxy) is 3. The Morgan fingerprint density at radius 3 is 2.55 bits per heavy atom. The van der Waals surface area contributed by atoms with Gasteiger partial charge in [-0.25, -0.2) is 4.31 Å². The van der Waals surface area contributed by atoms with Gasteiger partial charge in [-0.05, 0) is 67.6 Å². The van der Waals surface area contributed by atoms with Crippen LogP contribution in [0.2, 0.25) is 0 Å². The summed E-state index contributed by atoms with van der Waals surface area (Å²) in [6, 6.07) is 16.1. The van der Waals surface area contributed by atoms with E-state index in [4.69, 9.17) is 14.2 Å². The Balaban J connectivity index is 1.30. The number of carbonyl (C=O) groups is 1. The molecule has 0 bridgehead atoms. The summed E-state index contributed by atoms with van der Waals surface area (Å²) in [5.74, 6) is 1.86. The highest BCUT2D eigenvalue weighted by Crippen LogP contribution is 2.33. The number of hydrogen-bond donors (Lipinski definition) is 1. The minimum absolute atomic E-state index is 0.0742. The Hall–Kier alpha value is -2.90. The Labute approximate surface area is 199 Å². The van der Waals surface area contributed by atoms with Crippen LogP contribution in [0.15, 0.2) is 71.9 Å². The lowest BCUT2D eigenvalue weighted by Crippen LogP contribution is -2.34. The Kier molecular flexibility index (Phi) is 7.96. The molecule has 2 fully saturated rings. The first-order chi connectivity index (χ1) is 16.2. The fourth-order valence-corrected chi connectivity index (χ4v) is 4.88. The summed E-state index contributed by atoms with van der Waals surface area (Å²) in [6.07, 6.45) is 7.43. The van der Waals surface area contributed by atoms with Gasteiger partial charge in [0.05, 0.1) is 20.0 Å². The molecule has 33 heavy (non-hydrogen) atoms. The van der Waals surface area contributed by atoms with Gasteiger partial charge in [0.15, 0.2) is 0 Å². The quantitative estimate of drug-likeness (QED) is 0.235. The first kappa shape index (κ1) is 23.3. The molecule has 174 valence electrons. The van der Waals surface area contributed by atoms with Crippen molar-refractivity contribution in [2.24, 2.45) is 0 Å². The van der Waals surface area contributed by atoms with Crippen molar-refractivity contribution >= 4 is 17.9 Å². The highest BCUT2D eigenvalue weighted by molar-refractivity contribution is 8.01. The van der Waals surface area contributed by atoms with Gasteiger partial charge in [0, 0.05) is 23.6 Å². The fraction of sp³-hybridized carbons (Fsp3) is 0.346. The molecule has 2 aromatic rings. The van der Waals surface area contributed by atoms with Crippen molar-refractivity contribution in [3.05, 3.63) is 71.9 Å². The van der Waals surface area contributed by atoms with Gasteiger partial charge >= 0.3 is 0 Å². The van der Waals surface area contributed by atoms with Gasteiger partial charge in [0.2, 0.25) is 5.91 Å². The highest BCUT2D eigenvalue weighted by atomic mass is 32.2. The highest BCUT2D eigenvalue weighted by Gasteiger charge is 2.38. The van der Waals surface area contributed by atoms with Gasteiger partial charge in [0.1, 0.15) is 23.6 Å². The van der Waals surface area contributed by atoms with Gasteiger partial charge in [-0.15, -0.1) is 0 Å². The summed E-state index contributed by atoms with van der Waals surface area (Å²) in [4.78, 5) is 12.6. The average molecular weight is 467 g/mol. The molecule has 1 N–H and O–H groups in total. The molecule has 1 amide bonds. The smallest absolute Gasteiger partial charge is 0.248 e. The molecule has 7 heteroatoms. The van der Waals surface area contributed by atoms with Crippen LogP contribution < -0.4 is 14.8 Å². The van der Waals surface area contributed by atoms with E-state index in [1.807, 2.05) is 49.4 Å². The zero-order valence-corrected chi connectivity index (χ0v) is 19.8. The van der Waals surface area contributed by atoms with Crippen LogP contribution in [0.3, 0.4) is 0 Å². The average Bonchev–Trinajstić information content (AvgIpc) is 3.57. The molecule has 1 unspecified atom stereocenters. The first-order valence-electron chi connectivity index (χ1n) is 11.3. The summed E-state index contributed by atoms with van der Waals surface area (Å²) in [5, 5.41) is 2.85. The van der Waals surface area contributed by atoms with Crippen LogP contribution in [0.25, 0.3) is 11.1 Å². The second-order valence-electron chi connectivity index (χ2n) is 7.87. The number of piperidine rings is 1.